The van der Waals surface area contributed by atoms with Gasteiger partial charge in [-0.15, -0.1) is 0 Å². The van der Waals surface area contributed by atoms with Gasteiger partial charge in [-0.05, 0) is 34.8 Å². The summed E-state index contributed by atoms with van der Waals surface area (Å²) in [6.45, 7) is 5.88. The monoisotopic (exact) mass is 249 g/mol. The van der Waals surface area contributed by atoms with Crippen LogP contribution in [0.3, 0.4) is 0 Å². The molecule has 0 amide bonds. The highest BCUT2D eigenvalue weighted by molar-refractivity contribution is 5.77. The van der Waals surface area contributed by atoms with Gasteiger partial charge in [0.25, 0.3) is 0 Å². The Bertz CT molecular complexity index is 594. The van der Waals surface area contributed by atoms with Crippen molar-refractivity contribution in [1.29, 1.82) is 0 Å². The average Bonchev–Trinajstić information content (AvgIpc) is 2.45. The molecule has 19 heavy (non-hydrogen) atoms. The molecule has 1 heteroatoms. The molecule has 2 aromatic carbocycles. The zero-order chi connectivity index (χ0) is 13.7. The van der Waals surface area contributed by atoms with Crippen molar-refractivity contribution < 1.29 is 0 Å². The van der Waals surface area contributed by atoms with E-state index in [2.05, 4.69) is 62.0 Å². The maximum Gasteiger partial charge on any atom is 0.0241 e. The van der Waals surface area contributed by atoms with Crippen molar-refractivity contribution in [2.75, 3.05) is 0 Å². The summed E-state index contributed by atoms with van der Waals surface area (Å²) >= 11 is 0. The smallest absolute Gasteiger partial charge is 0.0241 e. The Morgan fingerprint density at radius 2 is 1.84 bits per heavy atom. The number of hydrogen-bond donors (Lipinski definition) is 1. The van der Waals surface area contributed by atoms with Crippen LogP contribution in [0.4, 0.5) is 0 Å². The quantitative estimate of drug-likeness (QED) is 0.798. The lowest BCUT2D eigenvalue weighted by atomic mass is 9.94. The third kappa shape index (κ3) is 3.14. The molecule has 0 aliphatic heterocycles. The van der Waals surface area contributed by atoms with E-state index in [0.29, 0.717) is 5.70 Å². The molecule has 0 fully saturated rings. The first kappa shape index (κ1) is 13.2. The van der Waals surface area contributed by atoms with E-state index in [4.69, 9.17) is 5.73 Å². The van der Waals surface area contributed by atoms with E-state index in [1.165, 1.54) is 22.3 Å². The van der Waals surface area contributed by atoms with E-state index in [1.807, 2.05) is 12.1 Å². The van der Waals surface area contributed by atoms with E-state index < -0.39 is 0 Å². The normalized spacial score (nSPS) is 10.8. The summed E-state index contributed by atoms with van der Waals surface area (Å²) in [4.78, 5) is 0. The zero-order valence-corrected chi connectivity index (χ0v) is 11.3. The third-order valence-corrected chi connectivity index (χ3v) is 3.13. The van der Waals surface area contributed by atoms with Gasteiger partial charge in [-0.1, -0.05) is 68.1 Å². The van der Waals surface area contributed by atoms with Crippen molar-refractivity contribution in [3.05, 3.63) is 78.0 Å². The van der Waals surface area contributed by atoms with E-state index in [1.54, 1.807) is 0 Å². The van der Waals surface area contributed by atoms with Crippen LogP contribution in [0, 0.1) is 0 Å². The largest absolute Gasteiger partial charge is 0.399 e. The van der Waals surface area contributed by atoms with Crippen LogP contribution in [0.2, 0.25) is 0 Å². The SMILES string of the molecule is C=C(N)/C=C\c1c(CC)cccc1-c1ccccc1. The van der Waals surface area contributed by atoms with Gasteiger partial charge in [0.05, 0.1) is 0 Å². The van der Waals surface area contributed by atoms with Crippen molar-refractivity contribution >= 4 is 6.08 Å². The summed E-state index contributed by atoms with van der Waals surface area (Å²) in [7, 11) is 0. The highest BCUT2D eigenvalue weighted by Crippen LogP contribution is 2.28. The van der Waals surface area contributed by atoms with E-state index in [9.17, 15) is 0 Å². The van der Waals surface area contributed by atoms with Gasteiger partial charge in [-0.25, -0.2) is 0 Å². The fraction of sp³-hybridized carbons (Fsp3) is 0.111. The van der Waals surface area contributed by atoms with Crippen LogP contribution in [-0.2, 0) is 6.42 Å². The van der Waals surface area contributed by atoms with Crippen LogP contribution in [0.5, 0.6) is 0 Å². The molecular formula is C18H19N. The molecular weight excluding hydrogens is 230 g/mol. The van der Waals surface area contributed by atoms with Crippen LogP contribution in [0.25, 0.3) is 17.2 Å². The zero-order valence-electron chi connectivity index (χ0n) is 11.3. The van der Waals surface area contributed by atoms with Gasteiger partial charge >= 0.3 is 0 Å². The van der Waals surface area contributed by atoms with Gasteiger partial charge in [-0.3, -0.25) is 0 Å². The van der Waals surface area contributed by atoms with Crippen molar-refractivity contribution in [3.8, 4) is 11.1 Å². The molecule has 0 aliphatic rings. The van der Waals surface area contributed by atoms with E-state index in [-0.39, 0.29) is 0 Å². The fourth-order valence-corrected chi connectivity index (χ4v) is 2.18. The fourth-order valence-electron chi connectivity index (χ4n) is 2.18. The summed E-state index contributed by atoms with van der Waals surface area (Å²) in [5.74, 6) is 0. The molecule has 0 aliphatic carbocycles. The first-order chi connectivity index (χ1) is 9.22. The second-order valence-electron chi connectivity index (χ2n) is 4.51. The minimum absolute atomic E-state index is 0.574. The summed E-state index contributed by atoms with van der Waals surface area (Å²) < 4.78 is 0. The second-order valence-corrected chi connectivity index (χ2v) is 4.51. The second kappa shape index (κ2) is 6.05. The lowest BCUT2D eigenvalue weighted by Crippen LogP contribution is -1.93. The molecule has 0 radical (unpaired) electrons. The van der Waals surface area contributed by atoms with E-state index >= 15 is 0 Å². The molecule has 96 valence electrons. The van der Waals surface area contributed by atoms with Gasteiger partial charge < -0.3 is 5.73 Å². The lowest BCUT2D eigenvalue weighted by Gasteiger charge is -2.11. The van der Waals surface area contributed by atoms with Crippen LogP contribution in [0.15, 0.2) is 66.9 Å². The molecule has 2 N–H and O–H groups in total. The number of hydrogen-bond acceptors (Lipinski definition) is 1. The molecule has 0 atom stereocenters. The molecule has 0 aromatic heterocycles. The summed E-state index contributed by atoms with van der Waals surface area (Å²) in [5, 5.41) is 0. The molecule has 1 nitrogen and oxygen atoms in total. The van der Waals surface area contributed by atoms with Gasteiger partial charge in [0.1, 0.15) is 0 Å². The molecule has 0 unspecified atom stereocenters. The molecule has 2 aromatic rings. The topological polar surface area (TPSA) is 26.0 Å². The van der Waals surface area contributed by atoms with Gasteiger partial charge in [0.2, 0.25) is 0 Å². The number of benzene rings is 2. The number of rotatable bonds is 4. The van der Waals surface area contributed by atoms with Crippen LogP contribution in [-0.4, -0.2) is 0 Å². The Kier molecular flexibility index (Phi) is 4.19. The summed E-state index contributed by atoms with van der Waals surface area (Å²) in [6, 6.07) is 16.8. The molecule has 0 spiro atoms. The Labute approximate surface area is 115 Å². The van der Waals surface area contributed by atoms with E-state index in [0.717, 1.165) is 6.42 Å². The van der Waals surface area contributed by atoms with Crippen LogP contribution < -0.4 is 5.73 Å². The molecule has 0 saturated heterocycles. The number of nitrogens with two attached hydrogens (primary N) is 1. The first-order valence-corrected chi connectivity index (χ1v) is 6.52. The van der Waals surface area contributed by atoms with Crippen LogP contribution in [0.1, 0.15) is 18.1 Å². The standard InChI is InChI=1S/C18H19N/c1-3-15-10-7-11-17(16-8-5-4-6-9-16)18(15)13-12-14(2)19/h4-13H,2-3,19H2,1H3/b13-12-. The highest BCUT2D eigenvalue weighted by atomic mass is 14.5. The number of aryl methyl sites for hydroxylation is 1. The predicted octanol–water partition coefficient (Wildman–Crippen LogP) is 4.40. The summed E-state index contributed by atoms with van der Waals surface area (Å²) in [5.41, 5.74) is 11.2. The Morgan fingerprint density at radius 1 is 1.11 bits per heavy atom. The van der Waals surface area contributed by atoms with Crippen molar-refractivity contribution in [3.63, 3.8) is 0 Å². The maximum absolute atomic E-state index is 5.64. The predicted molar refractivity (Wildman–Crippen MR) is 83.6 cm³/mol. The summed E-state index contributed by atoms with van der Waals surface area (Å²) in [6.07, 6.45) is 4.92. The average molecular weight is 249 g/mol. The van der Waals surface area contributed by atoms with Gasteiger partial charge in [0.15, 0.2) is 0 Å². The lowest BCUT2D eigenvalue weighted by molar-refractivity contribution is 1.13. The minimum Gasteiger partial charge on any atom is -0.399 e. The molecule has 0 saturated carbocycles. The molecule has 0 heterocycles. The molecule has 2 rings (SSSR count). The van der Waals surface area contributed by atoms with Crippen molar-refractivity contribution in [2.45, 2.75) is 13.3 Å². The van der Waals surface area contributed by atoms with Crippen LogP contribution >= 0.6 is 0 Å². The Hall–Kier alpha value is -2.28. The first-order valence-electron chi connectivity index (χ1n) is 6.52. The number of allylic oxidation sites excluding steroid dienone is 1. The van der Waals surface area contributed by atoms with Crippen molar-refractivity contribution in [2.24, 2.45) is 5.73 Å². The molecule has 0 bridgehead atoms. The third-order valence-electron chi connectivity index (χ3n) is 3.13. The highest BCUT2D eigenvalue weighted by Gasteiger charge is 2.06. The maximum atomic E-state index is 5.64. The Balaban J connectivity index is 2.57. The van der Waals surface area contributed by atoms with Crippen molar-refractivity contribution in [1.82, 2.24) is 0 Å². The minimum atomic E-state index is 0.574. The van der Waals surface area contributed by atoms with Gasteiger partial charge in [-0.2, -0.15) is 0 Å². The Morgan fingerprint density at radius 3 is 2.47 bits per heavy atom. The van der Waals surface area contributed by atoms with Gasteiger partial charge in [0, 0.05) is 5.70 Å².